The lowest BCUT2D eigenvalue weighted by Crippen LogP contribution is -2.32. The smallest absolute Gasteiger partial charge is 0.408 e. The number of unbranched alkanes of at least 4 members (excludes halogenated alkanes) is 1. The van der Waals surface area contributed by atoms with Crippen molar-refractivity contribution < 1.29 is 19.1 Å². The van der Waals surface area contributed by atoms with Crippen molar-refractivity contribution in [2.45, 2.75) is 37.8 Å². The average molecular weight is 303 g/mol. The van der Waals surface area contributed by atoms with Gasteiger partial charge >= 0.3 is 12.1 Å². The van der Waals surface area contributed by atoms with Crippen LogP contribution in [0.5, 0.6) is 0 Å². The van der Waals surface area contributed by atoms with Crippen LogP contribution in [0.3, 0.4) is 0 Å². The molecule has 1 aliphatic rings. The topological polar surface area (TPSA) is 64.6 Å². The van der Waals surface area contributed by atoms with E-state index in [-0.39, 0.29) is 24.2 Å². The molecule has 0 unspecified atom stereocenters. The normalized spacial score (nSPS) is 20.7. The number of methoxy groups -OCH3 is 1. The van der Waals surface area contributed by atoms with Crippen molar-refractivity contribution in [3.8, 4) is 0 Å². The van der Waals surface area contributed by atoms with Crippen molar-refractivity contribution >= 4 is 12.1 Å². The molecule has 1 aromatic carbocycles. The Morgan fingerprint density at radius 1 is 1.36 bits per heavy atom. The van der Waals surface area contributed by atoms with Crippen LogP contribution in [0.1, 0.15) is 24.8 Å². The first kappa shape index (κ1) is 16.1. The number of carbonyl (C=O) groups excluding carboxylic acids is 2. The molecule has 1 aliphatic heterocycles. The van der Waals surface area contributed by atoms with Gasteiger partial charge in [0.15, 0.2) is 0 Å². The minimum absolute atomic E-state index is 0.0632. The van der Waals surface area contributed by atoms with Gasteiger partial charge in [-0.1, -0.05) is 36.4 Å². The lowest BCUT2D eigenvalue weighted by Gasteiger charge is -2.13. The summed E-state index contributed by atoms with van der Waals surface area (Å²) in [5.41, 5.74) is 1.15. The van der Waals surface area contributed by atoms with Crippen molar-refractivity contribution in [1.29, 1.82) is 0 Å². The second kappa shape index (κ2) is 8.22. The van der Waals surface area contributed by atoms with E-state index in [0.717, 1.165) is 24.8 Å². The Labute approximate surface area is 130 Å². The van der Waals surface area contributed by atoms with Crippen LogP contribution < -0.4 is 5.32 Å². The summed E-state index contributed by atoms with van der Waals surface area (Å²) in [6.07, 6.45) is 5.79. The Bertz CT molecular complexity index is 527. The summed E-state index contributed by atoms with van der Waals surface area (Å²) in [4.78, 5) is 22.4. The zero-order valence-corrected chi connectivity index (χ0v) is 12.7. The van der Waals surface area contributed by atoms with Gasteiger partial charge in [-0.05, 0) is 30.9 Å². The molecule has 118 valence electrons. The summed E-state index contributed by atoms with van der Waals surface area (Å²) < 4.78 is 9.85. The monoisotopic (exact) mass is 303 g/mol. The fourth-order valence-corrected chi connectivity index (χ4v) is 2.38. The Kier molecular flexibility index (Phi) is 6.01. The molecule has 0 spiro atoms. The number of nitrogens with one attached hydrogen (secondary N) is 1. The van der Waals surface area contributed by atoms with E-state index in [1.807, 2.05) is 42.5 Å². The fourth-order valence-electron chi connectivity index (χ4n) is 2.38. The second-order valence-corrected chi connectivity index (χ2v) is 5.21. The number of alkyl carbamates (subject to hydrolysis) is 1. The molecule has 2 rings (SSSR count). The molecule has 1 amide bonds. The van der Waals surface area contributed by atoms with Gasteiger partial charge in [0.05, 0.1) is 13.2 Å². The van der Waals surface area contributed by atoms with Gasteiger partial charge < -0.3 is 14.8 Å². The summed E-state index contributed by atoms with van der Waals surface area (Å²) in [7, 11) is 1.38. The van der Waals surface area contributed by atoms with E-state index in [1.54, 1.807) is 0 Å². The highest BCUT2D eigenvalue weighted by Crippen LogP contribution is 2.16. The Morgan fingerprint density at radius 3 is 2.86 bits per heavy atom. The van der Waals surface area contributed by atoms with Crippen molar-refractivity contribution in [1.82, 2.24) is 5.32 Å². The zero-order valence-electron chi connectivity index (χ0n) is 12.7. The number of allylic oxidation sites excluding steroid dienone is 1. The molecule has 1 aromatic rings. The number of hydrogen-bond acceptors (Lipinski definition) is 4. The maximum atomic E-state index is 11.4. The number of benzene rings is 1. The molecule has 0 radical (unpaired) electrons. The van der Waals surface area contributed by atoms with Gasteiger partial charge in [0, 0.05) is 6.42 Å². The van der Waals surface area contributed by atoms with E-state index < -0.39 is 0 Å². The van der Waals surface area contributed by atoms with Crippen LogP contribution >= 0.6 is 0 Å². The average Bonchev–Trinajstić information content (AvgIpc) is 2.87. The number of carbonyl (C=O) groups is 2. The number of amides is 1. The third-order valence-electron chi connectivity index (χ3n) is 3.55. The third kappa shape index (κ3) is 4.91. The molecule has 5 heteroatoms. The molecule has 22 heavy (non-hydrogen) atoms. The number of rotatable bonds is 7. The predicted octanol–water partition coefficient (Wildman–Crippen LogP) is 2.61. The van der Waals surface area contributed by atoms with Crippen LogP contribution in [0.25, 0.3) is 0 Å². The first-order chi connectivity index (χ1) is 10.7. The van der Waals surface area contributed by atoms with Crippen LogP contribution in [-0.2, 0) is 20.7 Å². The van der Waals surface area contributed by atoms with Crippen LogP contribution in [0.2, 0.25) is 0 Å². The predicted molar refractivity (Wildman–Crippen MR) is 82.3 cm³/mol. The molecule has 0 saturated carbocycles. The molecule has 1 heterocycles. The van der Waals surface area contributed by atoms with Gasteiger partial charge in [-0.3, -0.25) is 4.79 Å². The van der Waals surface area contributed by atoms with Crippen molar-refractivity contribution in [3.05, 3.63) is 48.0 Å². The highest BCUT2D eigenvalue weighted by Gasteiger charge is 2.31. The maximum Gasteiger partial charge on any atom is 0.408 e. The SMILES string of the molecule is COC(=O)CCC/C=C/[C@@H]1OC(=O)N[C@H]1Cc1ccccc1. The highest BCUT2D eigenvalue weighted by atomic mass is 16.6. The maximum absolute atomic E-state index is 11.4. The minimum Gasteiger partial charge on any atom is -0.469 e. The van der Waals surface area contributed by atoms with Crippen molar-refractivity contribution in [3.63, 3.8) is 0 Å². The van der Waals surface area contributed by atoms with E-state index in [9.17, 15) is 9.59 Å². The van der Waals surface area contributed by atoms with E-state index in [0.29, 0.717) is 6.42 Å². The van der Waals surface area contributed by atoms with Crippen LogP contribution in [0.15, 0.2) is 42.5 Å². The molecule has 1 saturated heterocycles. The number of cyclic esters (lactones) is 1. The van der Waals surface area contributed by atoms with Gasteiger partial charge in [0.25, 0.3) is 0 Å². The lowest BCUT2D eigenvalue weighted by molar-refractivity contribution is -0.140. The summed E-state index contributed by atoms with van der Waals surface area (Å²) in [5.74, 6) is -0.204. The third-order valence-corrected chi connectivity index (χ3v) is 3.55. The van der Waals surface area contributed by atoms with Crippen LogP contribution in [0.4, 0.5) is 4.79 Å². The van der Waals surface area contributed by atoms with E-state index >= 15 is 0 Å². The molecule has 0 aliphatic carbocycles. The summed E-state index contributed by atoms with van der Waals surface area (Å²) in [6, 6.07) is 9.91. The molecule has 0 aromatic heterocycles. The Balaban J connectivity index is 1.83. The number of esters is 1. The number of ether oxygens (including phenoxy) is 2. The first-order valence-electron chi connectivity index (χ1n) is 7.43. The zero-order chi connectivity index (χ0) is 15.8. The summed E-state index contributed by atoms with van der Waals surface area (Å²) >= 11 is 0. The Morgan fingerprint density at radius 2 is 2.14 bits per heavy atom. The number of hydrogen-bond donors (Lipinski definition) is 1. The second-order valence-electron chi connectivity index (χ2n) is 5.21. The van der Waals surface area contributed by atoms with Gasteiger partial charge in [0.2, 0.25) is 0 Å². The minimum atomic E-state index is -0.384. The van der Waals surface area contributed by atoms with Crippen LogP contribution in [-0.4, -0.2) is 31.3 Å². The largest absolute Gasteiger partial charge is 0.469 e. The van der Waals surface area contributed by atoms with Gasteiger partial charge in [-0.15, -0.1) is 0 Å². The first-order valence-corrected chi connectivity index (χ1v) is 7.43. The van der Waals surface area contributed by atoms with Crippen molar-refractivity contribution in [2.75, 3.05) is 7.11 Å². The van der Waals surface area contributed by atoms with Crippen LogP contribution in [0, 0.1) is 0 Å². The van der Waals surface area contributed by atoms with Gasteiger partial charge in [-0.25, -0.2) is 4.79 Å². The molecule has 0 bridgehead atoms. The highest BCUT2D eigenvalue weighted by molar-refractivity contribution is 5.70. The van der Waals surface area contributed by atoms with Crippen molar-refractivity contribution in [2.24, 2.45) is 0 Å². The summed E-state index contributed by atoms with van der Waals surface area (Å²) in [6.45, 7) is 0. The molecule has 5 nitrogen and oxygen atoms in total. The standard InChI is InChI=1S/C17H21NO4/c1-21-16(19)11-7-3-6-10-15-14(18-17(20)22-15)12-13-8-4-2-5-9-13/h2,4-6,8-10,14-15H,3,7,11-12H2,1H3,(H,18,20)/b10-6+/t14-,15-/m0/s1. The van der Waals surface area contributed by atoms with E-state index in [1.165, 1.54) is 7.11 Å². The Hall–Kier alpha value is -2.30. The summed E-state index contributed by atoms with van der Waals surface area (Å²) in [5, 5.41) is 2.83. The molecular formula is C17H21NO4. The van der Waals surface area contributed by atoms with E-state index in [2.05, 4.69) is 10.1 Å². The van der Waals surface area contributed by atoms with Gasteiger partial charge in [0.1, 0.15) is 6.10 Å². The molecule has 2 atom stereocenters. The van der Waals surface area contributed by atoms with E-state index in [4.69, 9.17) is 4.74 Å². The quantitative estimate of drug-likeness (QED) is 0.478. The molecule has 1 fully saturated rings. The molecular weight excluding hydrogens is 282 g/mol. The fraction of sp³-hybridized carbons (Fsp3) is 0.412. The lowest BCUT2D eigenvalue weighted by atomic mass is 10.0. The molecule has 1 N–H and O–H groups in total. The van der Waals surface area contributed by atoms with Gasteiger partial charge in [-0.2, -0.15) is 0 Å².